The first-order valence-electron chi connectivity index (χ1n) is 10.1. The quantitative estimate of drug-likeness (QED) is 0.838. The van der Waals surface area contributed by atoms with Gasteiger partial charge in [0.2, 0.25) is 10.0 Å². The monoisotopic (exact) mass is 414 g/mol. The molecule has 0 spiro atoms. The molecule has 7 heteroatoms. The smallest absolute Gasteiger partial charge is 0.257 e. The summed E-state index contributed by atoms with van der Waals surface area (Å²) in [7, 11) is -3.58. The van der Waals surface area contributed by atoms with E-state index in [0.717, 1.165) is 36.8 Å². The highest BCUT2D eigenvalue weighted by Gasteiger charge is 2.31. The Hall–Kier alpha value is -2.38. The van der Waals surface area contributed by atoms with Crippen LogP contribution < -0.4 is 0 Å². The lowest BCUT2D eigenvalue weighted by Crippen LogP contribution is -2.50. The highest BCUT2D eigenvalue weighted by Crippen LogP contribution is 2.27. The molecule has 0 radical (unpaired) electrons. The fourth-order valence-corrected chi connectivity index (χ4v) is 5.62. The highest BCUT2D eigenvalue weighted by atomic mass is 32.2. The maximum atomic E-state index is 13.1. The second-order valence-electron chi connectivity index (χ2n) is 7.85. The average Bonchev–Trinajstić information content (AvgIpc) is 2.73. The number of sulfonamides is 1. The van der Waals surface area contributed by atoms with E-state index in [1.807, 2.05) is 19.1 Å². The summed E-state index contributed by atoms with van der Waals surface area (Å²) in [6.07, 6.45) is 4.21. The van der Waals surface area contributed by atoms with Crippen LogP contribution in [0.3, 0.4) is 0 Å². The van der Waals surface area contributed by atoms with Crippen molar-refractivity contribution in [3.05, 3.63) is 58.7 Å². The summed E-state index contributed by atoms with van der Waals surface area (Å²) in [5.41, 5.74) is 3.52. The SMILES string of the molecule is Cc1ccc(C(=O)N2CCN(S(=O)(=O)c3ccc4c(c3)CCCC4)CC2)c(O)c1. The van der Waals surface area contributed by atoms with E-state index in [1.165, 1.54) is 9.87 Å². The van der Waals surface area contributed by atoms with Crippen molar-refractivity contribution < 1.29 is 18.3 Å². The van der Waals surface area contributed by atoms with Gasteiger partial charge in [0.1, 0.15) is 5.75 Å². The molecule has 1 fully saturated rings. The summed E-state index contributed by atoms with van der Waals surface area (Å²) in [6, 6.07) is 10.4. The number of rotatable bonds is 3. The van der Waals surface area contributed by atoms with Crippen LogP contribution in [0.25, 0.3) is 0 Å². The van der Waals surface area contributed by atoms with Crippen molar-refractivity contribution >= 4 is 15.9 Å². The summed E-state index contributed by atoms with van der Waals surface area (Å²) in [4.78, 5) is 14.7. The summed E-state index contributed by atoms with van der Waals surface area (Å²) in [5, 5.41) is 10.1. The van der Waals surface area contributed by atoms with Gasteiger partial charge in [0.05, 0.1) is 10.5 Å². The molecule has 29 heavy (non-hydrogen) atoms. The van der Waals surface area contributed by atoms with Crippen LogP contribution in [0.2, 0.25) is 0 Å². The number of phenolic OH excluding ortho intramolecular Hbond substituents is 1. The van der Waals surface area contributed by atoms with E-state index in [2.05, 4.69) is 0 Å². The van der Waals surface area contributed by atoms with Gasteiger partial charge in [-0.3, -0.25) is 4.79 Å². The summed E-state index contributed by atoms with van der Waals surface area (Å²) in [5.74, 6) is -0.313. The summed E-state index contributed by atoms with van der Waals surface area (Å²) < 4.78 is 27.6. The van der Waals surface area contributed by atoms with Gasteiger partial charge in [-0.25, -0.2) is 8.42 Å². The molecule has 1 heterocycles. The van der Waals surface area contributed by atoms with Crippen molar-refractivity contribution in [2.45, 2.75) is 37.5 Å². The number of piperazine rings is 1. The normalized spacial score (nSPS) is 17.8. The molecular weight excluding hydrogens is 388 g/mol. The number of carbonyl (C=O) groups excluding carboxylic acids is 1. The van der Waals surface area contributed by atoms with Crippen LogP contribution in [0.1, 0.15) is 39.9 Å². The molecule has 2 aromatic rings. The maximum Gasteiger partial charge on any atom is 0.257 e. The zero-order chi connectivity index (χ0) is 20.6. The van der Waals surface area contributed by atoms with Crippen LogP contribution in [0, 0.1) is 6.92 Å². The van der Waals surface area contributed by atoms with Crippen molar-refractivity contribution in [2.24, 2.45) is 0 Å². The average molecular weight is 415 g/mol. The van der Waals surface area contributed by atoms with Crippen LogP contribution in [0.5, 0.6) is 5.75 Å². The van der Waals surface area contributed by atoms with Crippen LogP contribution in [0.4, 0.5) is 0 Å². The lowest BCUT2D eigenvalue weighted by Gasteiger charge is -2.34. The zero-order valence-electron chi connectivity index (χ0n) is 16.6. The maximum absolute atomic E-state index is 13.1. The minimum absolute atomic E-state index is 0.0425. The number of phenols is 1. The van der Waals surface area contributed by atoms with Gasteiger partial charge in [-0.05, 0) is 73.6 Å². The predicted octanol–water partition coefficient (Wildman–Crippen LogP) is 2.73. The number of fused-ring (bicyclic) bond motifs is 1. The lowest BCUT2D eigenvalue weighted by molar-refractivity contribution is 0.0695. The molecule has 0 atom stereocenters. The van der Waals surface area contributed by atoms with Gasteiger partial charge < -0.3 is 10.0 Å². The molecule has 0 bridgehead atoms. The molecule has 0 unspecified atom stereocenters. The number of carbonyl (C=O) groups is 1. The molecule has 6 nitrogen and oxygen atoms in total. The Morgan fingerprint density at radius 1 is 0.931 bits per heavy atom. The Balaban J connectivity index is 1.47. The minimum atomic E-state index is -3.58. The summed E-state index contributed by atoms with van der Waals surface area (Å²) in [6.45, 7) is 2.94. The standard InChI is InChI=1S/C22H26N2O4S/c1-16-6-9-20(21(25)14-16)22(26)23-10-12-24(13-11-23)29(27,28)19-8-7-17-4-2-3-5-18(17)15-19/h6-9,14-15,25H,2-5,10-13H2,1H3. The van der Waals surface area contributed by atoms with Gasteiger partial charge in [0, 0.05) is 26.2 Å². The van der Waals surface area contributed by atoms with E-state index in [9.17, 15) is 18.3 Å². The largest absolute Gasteiger partial charge is 0.507 e. The topological polar surface area (TPSA) is 77.9 Å². The van der Waals surface area contributed by atoms with E-state index in [0.29, 0.717) is 18.0 Å². The molecule has 1 N–H and O–H groups in total. The molecule has 2 aliphatic rings. The van der Waals surface area contributed by atoms with Gasteiger partial charge in [0.25, 0.3) is 5.91 Å². The molecule has 1 aliphatic carbocycles. The van der Waals surface area contributed by atoms with E-state index >= 15 is 0 Å². The predicted molar refractivity (Wildman–Crippen MR) is 111 cm³/mol. The minimum Gasteiger partial charge on any atom is -0.507 e. The molecule has 0 aromatic heterocycles. The number of hydrogen-bond donors (Lipinski definition) is 1. The highest BCUT2D eigenvalue weighted by molar-refractivity contribution is 7.89. The molecule has 0 saturated carbocycles. The molecule has 154 valence electrons. The number of benzene rings is 2. The fourth-order valence-electron chi connectivity index (χ4n) is 4.14. The van der Waals surface area contributed by atoms with Gasteiger partial charge in [-0.1, -0.05) is 12.1 Å². The van der Waals surface area contributed by atoms with Crippen LogP contribution in [-0.2, 0) is 22.9 Å². The molecule has 2 aromatic carbocycles. The second kappa shape index (κ2) is 7.80. The van der Waals surface area contributed by atoms with Crippen LogP contribution in [-0.4, -0.2) is 54.8 Å². The third-order valence-electron chi connectivity index (χ3n) is 5.87. The lowest BCUT2D eigenvalue weighted by atomic mass is 9.92. The Bertz CT molecular complexity index is 1040. The molecular formula is C22H26N2O4S. The van der Waals surface area contributed by atoms with E-state index in [1.54, 1.807) is 29.2 Å². The molecule has 1 aliphatic heterocycles. The number of amides is 1. The van der Waals surface area contributed by atoms with E-state index in [4.69, 9.17) is 0 Å². The molecule has 4 rings (SSSR count). The Kier molecular flexibility index (Phi) is 5.36. The van der Waals surface area contributed by atoms with E-state index < -0.39 is 10.0 Å². The summed E-state index contributed by atoms with van der Waals surface area (Å²) >= 11 is 0. The van der Waals surface area contributed by atoms with Crippen LogP contribution >= 0.6 is 0 Å². The Morgan fingerprint density at radius 2 is 1.62 bits per heavy atom. The first-order chi connectivity index (χ1) is 13.9. The van der Waals surface area contributed by atoms with Gasteiger partial charge in [-0.2, -0.15) is 4.31 Å². The second-order valence-corrected chi connectivity index (χ2v) is 9.79. The number of aryl methyl sites for hydroxylation is 3. The number of nitrogens with zero attached hydrogens (tertiary/aromatic N) is 2. The zero-order valence-corrected chi connectivity index (χ0v) is 17.4. The fraction of sp³-hybridized carbons (Fsp3) is 0.409. The first kappa shape index (κ1) is 19.9. The number of aromatic hydroxyl groups is 1. The van der Waals surface area contributed by atoms with E-state index in [-0.39, 0.29) is 30.3 Å². The van der Waals surface area contributed by atoms with Crippen molar-refractivity contribution in [1.82, 2.24) is 9.21 Å². The van der Waals surface area contributed by atoms with Gasteiger partial charge >= 0.3 is 0 Å². The Labute approximate surface area is 171 Å². The molecule has 1 saturated heterocycles. The van der Waals surface area contributed by atoms with Crippen molar-refractivity contribution in [3.8, 4) is 5.75 Å². The van der Waals surface area contributed by atoms with Crippen molar-refractivity contribution in [2.75, 3.05) is 26.2 Å². The third kappa shape index (κ3) is 3.89. The van der Waals surface area contributed by atoms with Crippen molar-refractivity contribution in [1.29, 1.82) is 0 Å². The third-order valence-corrected chi connectivity index (χ3v) is 7.76. The number of hydrogen-bond acceptors (Lipinski definition) is 4. The van der Waals surface area contributed by atoms with Gasteiger partial charge in [-0.15, -0.1) is 0 Å². The first-order valence-corrected chi connectivity index (χ1v) is 11.5. The molecule has 1 amide bonds. The van der Waals surface area contributed by atoms with Gasteiger partial charge in [0.15, 0.2) is 0 Å². The Morgan fingerprint density at radius 3 is 2.31 bits per heavy atom. The van der Waals surface area contributed by atoms with Crippen molar-refractivity contribution in [3.63, 3.8) is 0 Å². The van der Waals surface area contributed by atoms with Crippen LogP contribution in [0.15, 0.2) is 41.3 Å².